The van der Waals surface area contributed by atoms with E-state index in [0.29, 0.717) is 23.7 Å². The van der Waals surface area contributed by atoms with Crippen LogP contribution in [0, 0.1) is 10.1 Å². The molecule has 7 heteroatoms. The van der Waals surface area contributed by atoms with Crippen LogP contribution in [0.2, 0.25) is 0 Å². The Morgan fingerprint density at radius 1 is 1.39 bits per heavy atom. The van der Waals surface area contributed by atoms with E-state index in [4.69, 9.17) is 4.99 Å². The van der Waals surface area contributed by atoms with Crippen LogP contribution in [0.15, 0.2) is 33.5 Å². The van der Waals surface area contributed by atoms with Crippen molar-refractivity contribution >= 4 is 11.4 Å². The number of hydrogen-bond donors (Lipinski definition) is 1. The number of fused-ring (bicyclic) bond motifs is 1. The van der Waals surface area contributed by atoms with Crippen molar-refractivity contribution in [1.29, 1.82) is 0 Å². The van der Waals surface area contributed by atoms with Crippen LogP contribution in [-0.2, 0) is 0 Å². The molecule has 0 bridgehead atoms. The van der Waals surface area contributed by atoms with Gasteiger partial charge in [0, 0.05) is 12.6 Å². The van der Waals surface area contributed by atoms with Gasteiger partial charge in [-0.05, 0) is 38.2 Å². The van der Waals surface area contributed by atoms with Crippen LogP contribution in [0.5, 0.6) is 0 Å². The first kappa shape index (κ1) is 15.9. The smallest absolute Gasteiger partial charge is 0.286 e. The minimum Gasteiger partial charge on any atom is -0.286 e. The summed E-state index contributed by atoms with van der Waals surface area (Å²) in [5.74, 6) is 0. The molecular formula is C16H22N4O3. The number of hydroxylamine groups is 2. The monoisotopic (exact) mass is 318 g/mol. The Hall–Kier alpha value is -2.02. The van der Waals surface area contributed by atoms with Gasteiger partial charge >= 0.3 is 0 Å². The molecule has 1 fully saturated rings. The second kappa shape index (κ2) is 6.23. The van der Waals surface area contributed by atoms with Gasteiger partial charge in [0.1, 0.15) is 5.71 Å². The number of unbranched alkanes of at least 4 members (excludes halogenated alkanes) is 1. The van der Waals surface area contributed by atoms with E-state index in [2.05, 4.69) is 11.9 Å². The summed E-state index contributed by atoms with van der Waals surface area (Å²) < 4.78 is 0. The molecule has 1 saturated carbocycles. The quantitative estimate of drug-likeness (QED) is 0.373. The maximum atomic E-state index is 11.3. The molecule has 23 heavy (non-hydrogen) atoms. The third-order valence-corrected chi connectivity index (χ3v) is 4.68. The van der Waals surface area contributed by atoms with Crippen LogP contribution in [-0.4, -0.2) is 38.8 Å². The van der Waals surface area contributed by atoms with Crippen LogP contribution in [0.25, 0.3) is 0 Å². The number of nitrogens with zero attached hydrogens (tertiary/aromatic N) is 4. The summed E-state index contributed by atoms with van der Waals surface area (Å²) in [5, 5.41) is 23.2. The molecule has 3 aliphatic rings. The Morgan fingerprint density at radius 3 is 2.78 bits per heavy atom. The summed E-state index contributed by atoms with van der Waals surface area (Å²) in [4.78, 5) is 20.1. The zero-order chi connectivity index (χ0) is 16.4. The highest BCUT2D eigenvalue weighted by Crippen LogP contribution is 2.42. The average molecular weight is 318 g/mol. The van der Waals surface area contributed by atoms with Crippen molar-refractivity contribution in [3.05, 3.63) is 33.7 Å². The van der Waals surface area contributed by atoms with E-state index in [0.717, 1.165) is 44.9 Å². The zero-order valence-electron chi connectivity index (χ0n) is 13.4. The highest BCUT2D eigenvalue weighted by atomic mass is 16.6. The van der Waals surface area contributed by atoms with Gasteiger partial charge in [-0.15, -0.1) is 0 Å². The van der Waals surface area contributed by atoms with E-state index < -0.39 is 10.6 Å². The minimum absolute atomic E-state index is 0.0372. The number of aliphatic imine (C=N–C) groups is 2. The van der Waals surface area contributed by atoms with Crippen LogP contribution in [0.3, 0.4) is 0 Å². The van der Waals surface area contributed by atoms with Gasteiger partial charge in [-0.3, -0.25) is 25.3 Å². The zero-order valence-corrected chi connectivity index (χ0v) is 13.4. The van der Waals surface area contributed by atoms with Gasteiger partial charge in [0.25, 0.3) is 5.70 Å². The first-order valence-corrected chi connectivity index (χ1v) is 8.30. The molecule has 1 aliphatic heterocycles. The van der Waals surface area contributed by atoms with Crippen LogP contribution < -0.4 is 0 Å². The van der Waals surface area contributed by atoms with Gasteiger partial charge in [0.15, 0.2) is 11.4 Å². The van der Waals surface area contributed by atoms with Crippen LogP contribution >= 0.6 is 0 Å². The lowest BCUT2D eigenvalue weighted by molar-refractivity contribution is -0.414. The summed E-state index contributed by atoms with van der Waals surface area (Å²) in [7, 11) is 0. The Balaban J connectivity index is 2.01. The molecule has 0 atom stereocenters. The van der Waals surface area contributed by atoms with Crippen molar-refractivity contribution in [2.75, 3.05) is 6.54 Å². The van der Waals surface area contributed by atoms with Gasteiger partial charge in [-0.1, -0.05) is 19.8 Å². The summed E-state index contributed by atoms with van der Waals surface area (Å²) in [6.07, 6.45) is 9.51. The summed E-state index contributed by atoms with van der Waals surface area (Å²) in [6, 6.07) is 0. The fourth-order valence-electron chi connectivity index (χ4n) is 3.41. The fourth-order valence-corrected chi connectivity index (χ4v) is 3.41. The van der Waals surface area contributed by atoms with Gasteiger partial charge in [-0.2, -0.15) is 0 Å². The van der Waals surface area contributed by atoms with E-state index in [9.17, 15) is 15.3 Å². The Kier molecular flexibility index (Phi) is 4.30. The Bertz CT molecular complexity index is 627. The molecular weight excluding hydrogens is 296 g/mol. The summed E-state index contributed by atoms with van der Waals surface area (Å²) in [6.45, 7) is 2.58. The van der Waals surface area contributed by atoms with Crippen molar-refractivity contribution < 1.29 is 10.1 Å². The SMILES string of the molecule is CCCCN=C1C([N+](=O)[O-])=CC=C2C1=NC1(CCCCC1)N2O. The van der Waals surface area contributed by atoms with Gasteiger partial charge < -0.3 is 0 Å². The molecule has 0 aromatic rings. The lowest BCUT2D eigenvalue weighted by atomic mass is 9.89. The maximum Gasteiger partial charge on any atom is 0.296 e. The highest BCUT2D eigenvalue weighted by Gasteiger charge is 2.48. The number of hydrogen-bond acceptors (Lipinski definition) is 6. The van der Waals surface area contributed by atoms with Crippen LogP contribution in [0.4, 0.5) is 0 Å². The molecule has 0 aromatic carbocycles. The standard InChI is InChI=1S/C16H22N4O3/c1-2-3-11-17-14-13(20(22)23)8-7-12-15(14)18-16(19(12)21)9-5-4-6-10-16/h7-8,21H,2-6,9-11H2,1H3. The predicted octanol–water partition coefficient (Wildman–Crippen LogP) is 3.09. The summed E-state index contributed by atoms with van der Waals surface area (Å²) in [5.41, 5.74) is 0.616. The first-order valence-electron chi connectivity index (χ1n) is 8.30. The highest BCUT2D eigenvalue weighted by molar-refractivity contribution is 6.54. The van der Waals surface area contributed by atoms with Crippen LogP contribution in [0.1, 0.15) is 51.9 Å². The van der Waals surface area contributed by atoms with E-state index in [1.165, 1.54) is 11.1 Å². The van der Waals surface area contributed by atoms with E-state index >= 15 is 0 Å². The van der Waals surface area contributed by atoms with Crippen molar-refractivity contribution in [2.24, 2.45) is 9.98 Å². The lowest BCUT2D eigenvalue weighted by Gasteiger charge is -2.36. The number of nitro groups is 1. The maximum absolute atomic E-state index is 11.3. The Morgan fingerprint density at radius 2 is 2.13 bits per heavy atom. The molecule has 2 aliphatic carbocycles. The van der Waals surface area contributed by atoms with E-state index in [1.807, 2.05) is 0 Å². The molecule has 1 spiro atoms. The minimum atomic E-state index is -0.662. The van der Waals surface area contributed by atoms with Crippen molar-refractivity contribution in [2.45, 2.75) is 57.5 Å². The first-order chi connectivity index (χ1) is 11.1. The number of allylic oxidation sites excluding steroid dienone is 4. The van der Waals surface area contributed by atoms with Gasteiger partial charge in [-0.25, -0.2) is 5.06 Å². The second-order valence-electron chi connectivity index (χ2n) is 6.26. The summed E-state index contributed by atoms with van der Waals surface area (Å²) >= 11 is 0. The molecule has 0 aromatic heterocycles. The normalized spacial score (nSPS) is 24.3. The fraction of sp³-hybridized carbons (Fsp3) is 0.625. The molecule has 0 radical (unpaired) electrons. The lowest BCUT2D eigenvalue weighted by Crippen LogP contribution is -2.42. The van der Waals surface area contributed by atoms with Gasteiger partial charge in [0.2, 0.25) is 0 Å². The Labute approximate surface area is 135 Å². The molecule has 0 saturated heterocycles. The third kappa shape index (κ3) is 2.69. The molecule has 1 N–H and O–H groups in total. The molecule has 124 valence electrons. The van der Waals surface area contributed by atoms with Crippen molar-refractivity contribution in [3.63, 3.8) is 0 Å². The molecule has 0 unspecified atom stereocenters. The molecule has 1 heterocycles. The number of rotatable bonds is 4. The molecule has 3 rings (SSSR count). The predicted molar refractivity (Wildman–Crippen MR) is 87.2 cm³/mol. The van der Waals surface area contributed by atoms with E-state index in [1.54, 1.807) is 6.08 Å². The van der Waals surface area contributed by atoms with E-state index in [-0.39, 0.29) is 5.70 Å². The van der Waals surface area contributed by atoms with Crippen molar-refractivity contribution in [1.82, 2.24) is 5.06 Å². The van der Waals surface area contributed by atoms with Gasteiger partial charge in [0.05, 0.1) is 10.6 Å². The third-order valence-electron chi connectivity index (χ3n) is 4.68. The molecule has 0 amide bonds. The molecule has 7 nitrogen and oxygen atoms in total. The second-order valence-corrected chi connectivity index (χ2v) is 6.26. The topological polar surface area (TPSA) is 91.3 Å². The van der Waals surface area contributed by atoms with Crippen molar-refractivity contribution in [3.8, 4) is 0 Å². The average Bonchev–Trinajstić information content (AvgIpc) is 2.81. The largest absolute Gasteiger partial charge is 0.296 e.